The average molecular weight is 451 g/mol. The minimum absolute atomic E-state index is 0.0440. The predicted octanol–water partition coefficient (Wildman–Crippen LogP) is 2.71. The van der Waals surface area contributed by atoms with Gasteiger partial charge in [0.25, 0.3) is 0 Å². The first-order valence-electron chi connectivity index (χ1n) is 11.0. The Morgan fingerprint density at radius 2 is 1.76 bits per heavy atom. The number of benzene rings is 2. The lowest BCUT2D eigenvalue weighted by molar-refractivity contribution is -0.138. The molecule has 0 spiro atoms. The summed E-state index contributed by atoms with van der Waals surface area (Å²) in [6.07, 6.45) is -1.46. The number of carbonyl (C=O) groups is 2. The van der Waals surface area contributed by atoms with Gasteiger partial charge in [0.2, 0.25) is 11.8 Å². The Bertz CT molecular complexity index is 1070. The van der Waals surface area contributed by atoms with Crippen LogP contribution < -0.4 is 5.32 Å². The van der Waals surface area contributed by atoms with Crippen molar-refractivity contribution < 1.29 is 14.0 Å². The van der Waals surface area contributed by atoms with Crippen LogP contribution in [0.3, 0.4) is 0 Å². The fourth-order valence-corrected chi connectivity index (χ4v) is 4.12. The van der Waals surface area contributed by atoms with Crippen molar-refractivity contribution in [1.82, 2.24) is 30.8 Å². The molecular formula is C24H27FN6O2. The number of carbonyl (C=O) groups excluding carboxylic acids is 2. The Hall–Kier alpha value is -3.62. The van der Waals surface area contributed by atoms with Crippen LogP contribution in [0.25, 0.3) is 0 Å². The summed E-state index contributed by atoms with van der Waals surface area (Å²) in [5, 5.41) is 16.3. The number of rotatable bonds is 7. The highest BCUT2D eigenvalue weighted by molar-refractivity contribution is 5.89. The van der Waals surface area contributed by atoms with Gasteiger partial charge in [0.1, 0.15) is 12.2 Å². The lowest BCUT2D eigenvalue weighted by Crippen LogP contribution is -2.47. The molecule has 0 bridgehead atoms. The van der Waals surface area contributed by atoms with E-state index in [0.717, 1.165) is 11.1 Å². The fourth-order valence-electron chi connectivity index (χ4n) is 4.12. The van der Waals surface area contributed by atoms with E-state index in [-0.39, 0.29) is 25.2 Å². The number of hydrogen-bond acceptors (Lipinski definition) is 5. The maximum Gasteiger partial charge on any atom is 0.243 e. The van der Waals surface area contributed by atoms with Crippen LogP contribution in [0.4, 0.5) is 4.39 Å². The highest BCUT2D eigenvalue weighted by atomic mass is 19.1. The van der Waals surface area contributed by atoms with Crippen molar-refractivity contribution >= 4 is 11.8 Å². The number of amides is 2. The van der Waals surface area contributed by atoms with Crippen molar-refractivity contribution in [2.75, 3.05) is 6.54 Å². The van der Waals surface area contributed by atoms with E-state index in [2.05, 4.69) is 51.9 Å². The molecule has 3 aromatic rings. The molecule has 2 N–H and O–H groups in total. The molecule has 1 aliphatic heterocycles. The summed E-state index contributed by atoms with van der Waals surface area (Å²) in [6, 6.07) is 16.4. The van der Waals surface area contributed by atoms with Crippen molar-refractivity contribution in [1.29, 1.82) is 0 Å². The van der Waals surface area contributed by atoms with Gasteiger partial charge in [0, 0.05) is 6.42 Å². The number of hydrogen-bond donors (Lipinski definition) is 2. The highest BCUT2D eigenvalue weighted by Gasteiger charge is 2.40. The third-order valence-corrected chi connectivity index (χ3v) is 5.93. The number of nitrogens with zero attached hydrogens (tertiary/aromatic N) is 4. The molecule has 4 rings (SSSR count). The Kier molecular flexibility index (Phi) is 6.76. The average Bonchev–Trinajstić information content (AvgIpc) is 3.47. The maximum atomic E-state index is 14.3. The first kappa shape index (κ1) is 22.6. The Labute approximate surface area is 191 Å². The third-order valence-electron chi connectivity index (χ3n) is 5.93. The smallest absolute Gasteiger partial charge is 0.243 e. The van der Waals surface area contributed by atoms with E-state index in [1.54, 1.807) is 0 Å². The molecule has 0 aliphatic carbocycles. The second-order valence-electron chi connectivity index (χ2n) is 8.57. The van der Waals surface area contributed by atoms with Crippen molar-refractivity contribution in [2.24, 2.45) is 0 Å². The number of nitrogens with one attached hydrogen (secondary N) is 2. The van der Waals surface area contributed by atoms with E-state index in [4.69, 9.17) is 0 Å². The molecule has 1 aliphatic rings. The van der Waals surface area contributed by atoms with Gasteiger partial charge in [-0.3, -0.25) is 9.59 Å². The van der Waals surface area contributed by atoms with Gasteiger partial charge in [-0.2, -0.15) is 5.21 Å². The molecule has 2 amide bonds. The van der Waals surface area contributed by atoms with E-state index in [1.165, 1.54) is 10.5 Å². The summed E-state index contributed by atoms with van der Waals surface area (Å²) < 4.78 is 14.3. The van der Waals surface area contributed by atoms with Crippen LogP contribution >= 0.6 is 0 Å². The third kappa shape index (κ3) is 5.24. The molecule has 2 aromatic carbocycles. The maximum absolute atomic E-state index is 14.3. The molecule has 0 radical (unpaired) electrons. The molecule has 1 saturated heterocycles. The quantitative estimate of drug-likeness (QED) is 0.576. The van der Waals surface area contributed by atoms with E-state index < -0.39 is 30.1 Å². The Morgan fingerprint density at radius 3 is 2.39 bits per heavy atom. The molecule has 9 heteroatoms. The number of alkyl halides is 1. The predicted molar refractivity (Wildman–Crippen MR) is 120 cm³/mol. The number of likely N-dealkylation sites (tertiary alicyclic amines) is 1. The Balaban J connectivity index is 1.56. The normalized spacial score (nSPS) is 19.0. The highest BCUT2D eigenvalue weighted by Crippen LogP contribution is 2.27. The first-order valence-corrected chi connectivity index (χ1v) is 11.0. The lowest BCUT2D eigenvalue weighted by Gasteiger charge is -2.27. The summed E-state index contributed by atoms with van der Waals surface area (Å²) in [5.74, 6) is -0.205. The zero-order valence-electron chi connectivity index (χ0n) is 18.6. The molecular weight excluding hydrogens is 423 g/mol. The van der Waals surface area contributed by atoms with Gasteiger partial charge in [0.15, 0.2) is 5.82 Å². The van der Waals surface area contributed by atoms with Gasteiger partial charge in [-0.25, -0.2) is 4.39 Å². The van der Waals surface area contributed by atoms with Gasteiger partial charge in [-0.05, 0) is 22.6 Å². The Morgan fingerprint density at radius 1 is 1.09 bits per heavy atom. The van der Waals surface area contributed by atoms with E-state index in [0.29, 0.717) is 5.92 Å². The lowest BCUT2D eigenvalue weighted by atomic mass is 9.95. The van der Waals surface area contributed by atoms with Crippen LogP contribution in [0.2, 0.25) is 0 Å². The summed E-state index contributed by atoms with van der Waals surface area (Å²) in [6.45, 7) is 4.12. The molecule has 33 heavy (non-hydrogen) atoms. The molecule has 1 aromatic heterocycles. The van der Waals surface area contributed by atoms with E-state index in [1.807, 2.05) is 42.5 Å². The summed E-state index contributed by atoms with van der Waals surface area (Å²) >= 11 is 0. The van der Waals surface area contributed by atoms with Gasteiger partial charge >= 0.3 is 0 Å². The topological polar surface area (TPSA) is 104 Å². The molecule has 1 fully saturated rings. The van der Waals surface area contributed by atoms with Crippen LogP contribution in [0, 0.1) is 0 Å². The molecule has 3 atom stereocenters. The molecule has 2 heterocycles. The van der Waals surface area contributed by atoms with Crippen LogP contribution in [-0.2, 0) is 16.0 Å². The second-order valence-corrected chi connectivity index (χ2v) is 8.57. The molecule has 1 unspecified atom stereocenters. The zero-order chi connectivity index (χ0) is 23.4. The van der Waals surface area contributed by atoms with E-state index in [9.17, 15) is 14.0 Å². The van der Waals surface area contributed by atoms with Crippen molar-refractivity contribution in [3.05, 3.63) is 77.1 Å². The number of tetrazole rings is 1. The van der Waals surface area contributed by atoms with Gasteiger partial charge < -0.3 is 10.2 Å². The van der Waals surface area contributed by atoms with Crippen molar-refractivity contribution in [3.8, 4) is 0 Å². The van der Waals surface area contributed by atoms with Crippen molar-refractivity contribution in [2.45, 2.75) is 50.9 Å². The van der Waals surface area contributed by atoms with Crippen LogP contribution in [-0.4, -0.2) is 56.1 Å². The summed E-state index contributed by atoms with van der Waals surface area (Å²) in [5.41, 5.74) is 3.02. The number of H-pyrrole nitrogens is 1. The second kappa shape index (κ2) is 9.89. The van der Waals surface area contributed by atoms with E-state index >= 15 is 0 Å². The first-order chi connectivity index (χ1) is 15.9. The standard InChI is InChI=1S/C24H27FN6O2/c1-15(2)16-8-10-18(11-9-16)23(17-6-4-3-5-7-17)26-24(33)20-12-19(25)14-31(20)22(32)13-21-27-29-30-28-21/h3-11,15,19-20,23H,12-14H2,1-2H3,(H,26,33)(H,27,28,29,30)/t19-,20?,23+/m1/s1. The van der Waals surface area contributed by atoms with Crippen LogP contribution in [0.1, 0.15) is 54.7 Å². The van der Waals surface area contributed by atoms with Gasteiger partial charge in [-0.1, -0.05) is 73.7 Å². The van der Waals surface area contributed by atoms with Crippen molar-refractivity contribution in [3.63, 3.8) is 0 Å². The summed E-state index contributed by atoms with van der Waals surface area (Å²) in [7, 11) is 0. The number of aromatic nitrogens is 4. The number of halogens is 1. The van der Waals surface area contributed by atoms with Gasteiger partial charge in [0.05, 0.1) is 19.0 Å². The van der Waals surface area contributed by atoms with Crippen LogP contribution in [0.5, 0.6) is 0 Å². The monoisotopic (exact) mass is 450 g/mol. The summed E-state index contributed by atoms with van der Waals surface area (Å²) in [4.78, 5) is 27.4. The zero-order valence-corrected chi connectivity index (χ0v) is 18.6. The SMILES string of the molecule is CC(C)c1ccc([C@@H](NC(=O)C2C[C@@H](F)CN2C(=O)Cc2nn[nH]n2)c2ccccc2)cc1. The number of aromatic amines is 1. The minimum atomic E-state index is -1.27. The largest absolute Gasteiger partial charge is 0.343 e. The fraction of sp³-hybridized carbons (Fsp3) is 0.375. The minimum Gasteiger partial charge on any atom is -0.343 e. The molecule has 0 saturated carbocycles. The molecule has 8 nitrogen and oxygen atoms in total. The van der Waals surface area contributed by atoms with Gasteiger partial charge in [-0.15, -0.1) is 10.2 Å². The van der Waals surface area contributed by atoms with Crippen LogP contribution in [0.15, 0.2) is 54.6 Å². The molecule has 172 valence electrons.